The topological polar surface area (TPSA) is 86.9 Å². The maximum Gasteiger partial charge on any atom is 0.320 e. The molecule has 3 N–H and O–H groups in total. The van der Waals surface area contributed by atoms with Gasteiger partial charge in [0.15, 0.2) is 0 Å². The Morgan fingerprint density at radius 3 is 2.28 bits per heavy atom. The zero-order valence-corrected chi connectivity index (χ0v) is 10.5. The molecule has 0 saturated carbocycles. The van der Waals surface area contributed by atoms with E-state index in [9.17, 15) is 9.59 Å². The molecule has 0 radical (unpaired) electrons. The van der Waals surface area contributed by atoms with E-state index < -0.39 is 5.97 Å². The van der Waals surface area contributed by atoms with E-state index in [1.807, 2.05) is 0 Å². The molecule has 2 rings (SSSR count). The summed E-state index contributed by atoms with van der Waals surface area (Å²) in [6, 6.07) is 0.105. The molecule has 0 spiro atoms. The number of carbonyl (C=O) groups excluding carboxylic acids is 1. The van der Waals surface area contributed by atoms with Crippen molar-refractivity contribution < 1.29 is 14.7 Å². The van der Waals surface area contributed by atoms with Gasteiger partial charge in [0.05, 0.1) is 5.92 Å². The Labute approximate surface area is 107 Å². The summed E-state index contributed by atoms with van der Waals surface area (Å²) in [6.07, 6.45) is 3.05. The number of nitrogens with zero attached hydrogens (tertiary/aromatic N) is 2. The van der Waals surface area contributed by atoms with Gasteiger partial charge in [0, 0.05) is 32.2 Å². The van der Waals surface area contributed by atoms with E-state index >= 15 is 0 Å². The lowest BCUT2D eigenvalue weighted by atomic mass is 9.97. The maximum absolute atomic E-state index is 12.2. The van der Waals surface area contributed by atoms with E-state index in [-0.39, 0.29) is 18.0 Å². The van der Waals surface area contributed by atoms with Crippen LogP contribution in [0.15, 0.2) is 0 Å². The summed E-state index contributed by atoms with van der Waals surface area (Å²) < 4.78 is 0. The van der Waals surface area contributed by atoms with Crippen molar-refractivity contribution in [3.63, 3.8) is 0 Å². The molecule has 18 heavy (non-hydrogen) atoms. The van der Waals surface area contributed by atoms with Gasteiger partial charge in [-0.1, -0.05) is 0 Å². The molecule has 6 nitrogen and oxygen atoms in total. The molecule has 2 amide bonds. The maximum atomic E-state index is 12.2. The largest absolute Gasteiger partial charge is 0.481 e. The molecule has 2 aliphatic heterocycles. The third kappa shape index (κ3) is 2.93. The van der Waals surface area contributed by atoms with Crippen LogP contribution in [-0.2, 0) is 4.79 Å². The van der Waals surface area contributed by atoms with Crippen LogP contribution < -0.4 is 5.73 Å². The minimum atomic E-state index is -0.748. The van der Waals surface area contributed by atoms with Crippen LogP contribution in [0.3, 0.4) is 0 Å². The van der Waals surface area contributed by atoms with Gasteiger partial charge in [-0.2, -0.15) is 0 Å². The molecular formula is C12H21N3O3. The Morgan fingerprint density at radius 2 is 1.72 bits per heavy atom. The Kier molecular flexibility index (Phi) is 4.06. The van der Waals surface area contributed by atoms with Crippen molar-refractivity contribution in [3.05, 3.63) is 0 Å². The van der Waals surface area contributed by atoms with E-state index in [0.29, 0.717) is 32.5 Å². The van der Waals surface area contributed by atoms with Crippen LogP contribution in [0.1, 0.15) is 25.7 Å². The molecule has 2 heterocycles. The van der Waals surface area contributed by atoms with Crippen molar-refractivity contribution in [1.82, 2.24) is 9.80 Å². The Bertz CT molecular complexity index is 327. The summed E-state index contributed by atoms with van der Waals surface area (Å²) in [7, 11) is 0. The molecule has 6 heteroatoms. The average Bonchev–Trinajstić information content (AvgIpc) is 2.38. The normalized spacial score (nSPS) is 26.2. The number of aliphatic carboxylic acids is 1. The fraction of sp³-hybridized carbons (Fsp3) is 0.833. The van der Waals surface area contributed by atoms with Crippen LogP contribution in [0, 0.1) is 5.92 Å². The number of amides is 2. The van der Waals surface area contributed by atoms with Gasteiger partial charge < -0.3 is 20.6 Å². The lowest BCUT2D eigenvalue weighted by Crippen LogP contribution is -2.52. The first-order valence-corrected chi connectivity index (χ1v) is 6.60. The number of likely N-dealkylation sites (tertiary alicyclic amines) is 2. The fourth-order valence-corrected chi connectivity index (χ4v) is 2.70. The minimum Gasteiger partial charge on any atom is -0.481 e. The van der Waals surface area contributed by atoms with Crippen molar-refractivity contribution >= 4 is 12.0 Å². The number of hydrogen-bond acceptors (Lipinski definition) is 3. The molecule has 0 aromatic rings. The molecule has 0 aromatic heterocycles. The van der Waals surface area contributed by atoms with E-state index in [4.69, 9.17) is 10.8 Å². The van der Waals surface area contributed by atoms with Gasteiger partial charge >= 0.3 is 12.0 Å². The molecule has 1 atom stereocenters. The molecule has 1 unspecified atom stereocenters. The van der Waals surface area contributed by atoms with Crippen LogP contribution in [-0.4, -0.2) is 59.1 Å². The predicted octanol–water partition coefficient (Wildman–Crippen LogP) is 0.326. The van der Waals surface area contributed by atoms with Gasteiger partial charge in [-0.25, -0.2) is 4.79 Å². The summed E-state index contributed by atoms with van der Waals surface area (Å²) >= 11 is 0. The van der Waals surface area contributed by atoms with Crippen LogP contribution >= 0.6 is 0 Å². The number of carboxylic acids is 1. The molecule has 2 aliphatic rings. The predicted molar refractivity (Wildman–Crippen MR) is 66.1 cm³/mol. The highest BCUT2D eigenvalue weighted by Gasteiger charge is 2.30. The molecule has 0 aromatic carbocycles. The number of piperidine rings is 2. The lowest BCUT2D eigenvalue weighted by molar-refractivity contribution is -0.143. The van der Waals surface area contributed by atoms with Gasteiger partial charge in [-0.15, -0.1) is 0 Å². The van der Waals surface area contributed by atoms with E-state index in [1.54, 1.807) is 9.80 Å². The Morgan fingerprint density at radius 1 is 1.06 bits per heavy atom. The van der Waals surface area contributed by atoms with Gasteiger partial charge in [-0.05, 0) is 25.7 Å². The minimum absolute atomic E-state index is 0.0222. The average molecular weight is 255 g/mol. The monoisotopic (exact) mass is 255 g/mol. The molecule has 0 bridgehead atoms. The standard InChI is InChI=1S/C12H21N3O3/c13-10-2-1-5-15(8-10)12(18)14-6-3-9(4-7-14)11(16)17/h9-10H,1-8,13H2,(H,16,17). The zero-order valence-electron chi connectivity index (χ0n) is 10.5. The second kappa shape index (κ2) is 5.56. The number of carbonyl (C=O) groups is 2. The smallest absolute Gasteiger partial charge is 0.320 e. The Balaban J connectivity index is 1.85. The summed E-state index contributed by atoms with van der Waals surface area (Å²) in [5, 5.41) is 8.92. The first kappa shape index (κ1) is 13.1. The highest BCUT2D eigenvalue weighted by Crippen LogP contribution is 2.19. The number of rotatable bonds is 1. The summed E-state index contributed by atoms with van der Waals surface area (Å²) in [4.78, 5) is 26.6. The van der Waals surface area contributed by atoms with Crippen molar-refractivity contribution in [3.8, 4) is 0 Å². The number of urea groups is 1. The highest BCUT2D eigenvalue weighted by atomic mass is 16.4. The summed E-state index contributed by atoms with van der Waals surface area (Å²) in [5.74, 6) is -1.04. The van der Waals surface area contributed by atoms with Gasteiger partial charge in [0.25, 0.3) is 0 Å². The van der Waals surface area contributed by atoms with Crippen LogP contribution in [0.5, 0.6) is 0 Å². The van der Waals surface area contributed by atoms with Crippen LogP contribution in [0.2, 0.25) is 0 Å². The van der Waals surface area contributed by atoms with Gasteiger partial charge in [0.2, 0.25) is 0 Å². The molecule has 102 valence electrons. The number of hydrogen-bond donors (Lipinski definition) is 2. The summed E-state index contributed by atoms with van der Waals surface area (Å²) in [5.41, 5.74) is 5.86. The third-order valence-corrected chi connectivity index (χ3v) is 3.84. The highest BCUT2D eigenvalue weighted by molar-refractivity contribution is 5.75. The van der Waals surface area contributed by atoms with E-state index in [1.165, 1.54) is 0 Å². The van der Waals surface area contributed by atoms with Crippen molar-refractivity contribution in [1.29, 1.82) is 0 Å². The molecule has 2 saturated heterocycles. The third-order valence-electron chi connectivity index (χ3n) is 3.84. The zero-order chi connectivity index (χ0) is 13.1. The lowest BCUT2D eigenvalue weighted by Gasteiger charge is -2.37. The van der Waals surface area contributed by atoms with Crippen molar-refractivity contribution in [2.45, 2.75) is 31.7 Å². The second-order valence-electron chi connectivity index (χ2n) is 5.23. The number of carboxylic acid groups (broad SMARTS) is 1. The Hall–Kier alpha value is -1.30. The van der Waals surface area contributed by atoms with Crippen molar-refractivity contribution in [2.75, 3.05) is 26.2 Å². The second-order valence-corrected chi connectivity index (χ2v) is 5.23. The first-order valence-electron chi connectivity index (χ1n) is 6.60. The molecule has 0 aliphatic carbocycles. The van der Waals surface area contributed by atoms with Gasteiger partial charge in [0.1, 0.15) is 0 Å². The van der Waals surface area contributed by atoms with E-state index in [0.717, 1.165) is 19.4 Å². The molecular weight excluding hydrogens is 234 g/mol. The quantitative estimate of drug-likeness (QED) is 0.706. The van der Waals surface area contributed by atoms with Gasteiger partial charge in [-0.3, -0.25) is 4.79 Å². The summed E-state index contributed by atoms with van der Waals surface area (Å²) in [6.45, 7) is 2.48. The number of nitrogens with two attached hydrogens (primary N) is 1. The fourth-order valence-electron chi connectivity index (χ4n) is 2.70. The van der Waals surface area contributed by atoms with Crippen LogP contribution in [0.4, 0.5) is 4.79 Å². The SMILES string of the molecule is NC1CCCN(C(=O)N2CCC(C(=O)O)CC2)C1. The first-order chi connectivity index (χ1) is 8.58. The van der Waals surface area contributed by atoms with E-state index in [2.05, 4.69) is 0 Å². The van der Waals surface area contributed by atoms with Crippen molar-refractivity contribution in [2.24, 2.45) is 11.7 Å². The van der Waals surface area contributed by atoms with Crippen LogP contribution in [0.25, 0.3) is 0 Å². The molecule has 2 fully saturated rings.